The molecule has 0 aliphatic heterocycles. The van der Waals surface area contributed by atoms with Crippen molar-refractivity contribution >= 4 is 5.91 Å². The third-order valence-electron chi connectivity index (χ3n) is 3.83. The van der Waals surface area contributed by atoms with Gasteiger partial charge in [0.25, 0.3) is 0 Å². The summed E-state index contributed by atoms with van der Waals surface area (Å²) >= 11 is 0. The van der Waals surface area contributed by atoms with Crippen molar-refractivity contribution in [2.75, 3.05) is 20.2 Å². The second-order valence-electron chi connectivity index (χ2n) is 5.60. The van der Waals surface area contributed by atoms with Crippen LogP contribution in [0.5, 0.6) is 0 Å². The van der Waals surface area contributed by atoms with Gasteiger partial charge in [0.15, 0.2) is 0 Å². The van der Waals surface area contributed by atoms with Crippen molar-refractivity contribution in [1.29, 1.82) is 0 Å². The highest BCUT2D eigenvalue weighted by Crippen LogP contribution is 2.31. The molecule has 1 fully saturated rings. The second kappa shape index (κ2) is 6.36. The van der Waals surface area contributed by atoms with E-state index in [2.05, 4.69) is 24.5 Å². The van der Waals surface area contributed by atoms with Gasteiger partial charge < -0.3 is 15.7 Å². The van der Waals surface area contributed by atoms with E-state index in [1.807, 2.05) is 7.05 Å². The van der Waals surface area contributed by atoms with E-state index < -0.39 is 0 Å². The molecular formula is C13H26N2O2. The number of hydrogen-bond donors (Lipinski definition) is 3. The zero-order valence-corrected chi connectivity index (χ0v) is 11.3. The minimum absolute atomic E-state index is 0.127. The smallest absolute Gasteiger partial charge is 0.223 e. The molecule has 0 atom stereocenters. The van der Waals surface area contributed by atoms with E-state index in [-0.39, 0.29) is 24.0 Å². The maximum atomic E-state index is 11.9. The lowest BCUT2D eigenvalue weighted by Crippen LogP contribution is -2.50. The van der Waals surface area contributed by atoms with Crippen molar-refractivity contribution in [3.05, 3.63) is 0 Å². The molecule has 0 aromatic heterocycles. The third-order valence-corrected chi connectivity index (χ3v) is 3.83. The molecule has 4 heteroatoms. The summed E-state index contributed by atoms with van der Waals surface area (Å²) in [7, 11) is 1.88. The largest absolute Gasteiger partial charge is 0.394 e. The third kappa shape index (κ3) is 3.96. The van der Waals surface area contributed by atoms with Gasteiger partial charge in [-0.25, -0.2) is 0 Å². The number of aliphatic hydroxyl groups excluding tert-OH is 1. The van der Waals surface area contributed by atoms with E-state index in [0.29, 0.717) is 5.92 Å². The normalized spacial score (nSPS) is 29.4. The predicted molar refractivity (Wildman–Crippen MR) is 68.7 cm³/mol. The number of rotatable bonds is 5. The fourth-order valence-corrected chi connectivity index (χ4v) is 2.37. The highest BCUT2D eigenvalue weighted by molar-refractivity contribution is 5.78. The zero-order valence-electron chi connectivity index (χ0n) is 11.3. The summed E-state index contributed by atoms with van der Waals surface area (Å²) in [6.07, 6.45) is 3.48. The second-order valence-corrected chi connectivity index (χ2v) is 5.60. The molecule has 0 radical (unpaired) electrons. The molecule has 0 aromatic carbocycles. The molecule has 4 nitrogen and oxygen atoms in total. The first-order chi connectivity index (χ1) is 8.03. The van der Waals surface area contributed by atoms with Crippen molar-refractivity contribution in [1.82, 2.24) is 10.6 Å². The molecule has 3 N–H and O–H groups in total. The van der Waals surface area contributed by atoms with Gasteiger partial charge in [-0.05, 0) is 38.6 Å². The Morgan fingerprint density at radius 2 is 2.00 bits per heavy atom. The Morgan fingerprint density at radius 3 is 2.41 bits per heavy atom. The topological polar surface area (TPSA) is 61.4 Å². The summed E-state index contributed by atoms with van der Waals surface area (Å²) in [5.74, 6) is 0.805. The Labute approximate surface area is 104 Å². The summed E-state index contributed by atoms with van der Waals surface area (Å²) in [6, 6.07) is 0. The average Bonchev–Trinajstić information content (AvgIpc) is 2.36. The maximum Gasteiger partial charge on any atom is 0.223 e. The minimum atomic E-state index is -0.158. The predicted octanol–water partition coefficient (Wildman–Crippen LogP) is 0.899. The Bertz CT molecular complexity index is 240. The van der Waals surface area contributed by atoms with E-state index in [0.717, 1.165) is 32.2 Å². The van der Waals surface area contributed by atoms with Crippen LogP contribution in [0.4, 0.5) is 0 Å². The van der Waals surface area contributed by atoms with Crippen LogP contribution in [-0.4, -0.2) is 36.8 Å². The summed E-state index contributed by atoms with van der Waals surface area (Å²) in [5, 5.41) is 15.6. The molecule has 1 rings (SSSR count). The molecule has 1 saturated carbocycles. The quantitative estimate of drug-likeness (QED) is 0.671. The van der Waals surface area contributed by atoms with Crippen LogP contribution in [0.3, 0.4) is 0 Å². The SMILES string of the molecule is CNC1(CO)CCC(C(=O)NCC(C)C)CC1. The number of likely N-dealkylation sites (N-methyl/N-ethyl adjacent to an activating group) is 1. The van der Waals surface area contributed by atoms with E-state index in [1.165, 1.54) is 0 Å². The van der Waals surface area contributed by atoms with E-state index in [1.54, 1.807) is 0 Å². The molecular weight excluding hydrogens is 216 g/mol. The van der Waals surface area contributed by atoms with Crippen molar-refractivity contribution in [2.24, 2.45) is 11.8 Å². The van der Waals surface area contributed by atoms with Gasteiger partial charge in [0.05, 0.1) is 6.61 Å². The fourth-order valence-electron chi connectivity index (χ4n) is 2.37. The molecule has 0 heterocycles. The first-order valence-corrected chi connectivity index (χ1v) is 6.60. The van der Waals surface area contributed by atoms with Gasteiger partial charge in [-0.3, -0.25) is 4.79 Å². The van der Waals surface area contributed by atoms with Gasteiger partial charge in [-0.1, -0.05) is 13.8 Å². The molecule has 0 bridgehead atoms. The van der Waals surface area contributed by atoms with Crippen LogP contribution in [0.15, 0.2) is 0 Å². The Hall–Kier alpha value is -0.610. The van der Waals surface area contributed by atoms with Crippen LogP contribution in [-0.2, 0) is 4.79 Å². The first-order valence-electron chi connectivity index (χ1n) is 6.60. The lowest BCUT2D eigenvalue weighted by molar-refractivity contribution is -0.126. The average molecular weight is 242 g/mol. The number of carbonyl (C=O) groups excluding carboxylic acids is 1. The van der Waals surface area contributed by atoms with Crippen molar-refractivity contribution in [2.45, 2.75) is 45.1 Å². The monoisotopic (exact) mass is 242 g/mol. The number of amides is 1. The van der Waals surface area contributed by atoms with Crippen LogP contribution < -0.4 is 10.6 Å². The first kappa shape index (κ1) is 14.5. The lowest BCUT2D eigenvalue weighted by atomic mass is 9.76. The summed E-state index contributed by atoms with van der Waals surface area (Å²) in [6.45, 7) is 5.11. The Balaban J connectivity index is 2.38. The van der Waals surface area contributed by atoms with Gasteiger partial charge in [-0.15, -0.1) is 0 Å². The number of nitrogens with one attached hydrogen (secondary N) is 2. The van der Waals surface area contributed by atoms with Crippen LogP contribution in [0.2, 0.25) is 0 Å². The van der Waals surface area contributed by atoms with Crippen LogP contribution in [0.1, 0.15) is 39.5 Å². The minimum Gasteiger partial charge on any atom is -0.394 e. The van der Waals surface area contributed by atoms with E-state index >= 15 is 0 Å². The molecule has 0 aromatic rings. The molecule has 0 unspecified atom stereocenters. The molecule has 0 spiro atoms. The summed E-state index contributed by atoms with van der Waals surface area (Å²) < 4.78 is 0. The van der Waals surface area contributed by atoms with Gasteiger partial charge in [0.1, 0.15) is 0 Å². The highest BCUT2D eigenvalue weighted by atomic mass is 16.3. The van der Waals surface area contributed by atoms with E-state index in [4.69, 9.17) is 0 Å². The number of carbonyl (C=O) groups is 1. The number of aliphatic hydroxyl groups is 1. The van der Waals surface area contributed by atoms with Gasteiger partial charge in [0.2, 0.25) is 5.91 Å². The van der Waals surface area contributed by atoms with Gasteiger partial charge in [-0.2, -0.15) is 0 Å². The standard InChI is InChI=1S/C13H26N2O2/c1-10(2)8-15-12(17)11-4-6-13(9-16,14-3)7-5-11/h10-11,14,16H,4-9H2,1-3H3,(H,15,17). The van der Waals surface area contributed by atoms with Crippen molar-refractivity contribution < 1.29 is 9.90 Å². The Morgan fingerprint density at radius 1 is 1.41 bits per heavy atom. The molecule has 1 amide bonds. The van der Waals surface area contributed by atoms with Crippen molar-refractivity contribution in [3.8, 4) is 0 Å². The number of hydrogen-bond acceptors (Lipinski definition) is 3. The fraction of sp³-hybridized carbons (Fsp3) is 0.923. The van der Waals surface area contributed by atoms with Crippen LogP contribution >= 0.6 is 0 Å². The molecule has 0 saturated heterocycles. The molecule has 1 aliphatic carbocycles. The van der Waals surface area contributed by atoms with Crippen molar-refractivity contribution in [3.63, 3.8) is 0 Å². The summed E-state index contributed by atoms with van der Waals surface area (Å²) in [4.78, 5) is 11.9. The maximum absolute atomic E-state index is 11.9. The highest BCUT2D eigenvalue weighted by Gasteiger charge is 2.35. The molecule has 1 aliphatic rings. The van der Waals surface area contributed by atoms with Crippen LogP contribution in [0.25, 0.3) is 0 Å². The Kier molecular flexibility index (Phi) is 5.40. The lowest BCUT2D eigenvalue weighted by Gasteiger charge is -2.38. The van der Waals surface area contributed by atoms with Gasteiger partial charge in [0, 0.05) is 18.0 Å². The summed E-state index contributed by atoms with van der Waals surface area (Å²) in [5.41, 5.74) is -0.158. The molecule has 100 valence electrons. The van der Waals surface area contributed by atoms with E-state index in [9.17, 15) is 9.90 Å². The van der Waals surface area contributed by atoms with Crippen LogP contribution in [0, 0.1) is 11.8 Å². The molecule has 17 heavy (non-hydrogen) atoms. The zero-order chi connectivity index (χ0) is 12.9. The van der Waals surface area contributed by atoms with Gasteiger partial charge >= 0.3 is 0 Å².